The molecule has 120 valence electrons. The van der Waals surface area contributed by atoms with Crippen LogP contribution in [0.25, 0.3) is 0 Å². The Kier molecular flexibility index (Phi) is 5.15. The minimum atomic E-state index is -0.945. The summed E-state index contributed by atoms with van der Waals surface area (Å²) in [5.41, 5.74) is 2.05. The van der Waals surface area contributed by atoms with Gasteiger partial charge in [-0.1, -0.05) is 29.8 Å². The van der Waals surface area contributed by atoms with Crippen LogP contribution >= 0.6 is 0 Å². The van der Waals surface area contributed by atoms with Crippen molar-refractivity contribution in [2.24, 2.45) is 0 Å². The summed E-state index contributed by atoms with van der Waals surface area (Å²) < 4.78 is 0. The van der Waals surface area contributed by atoms with Gasteiger partial charge in [-0.25, -0.2) is 0 Å². The van der Waals surface area contributed by atoms with E-state index in [9.17, 15) is 14.7 Å². The number of likely N-dealkylation sites (tertiary alicyclic amines) is 1. The number of carbonyl (C=O) groups excluding carboxylic acids is 1. The Bertz CT molecular complexity index is 561. The fraction of sp³-hybridized carbons (Fsp3) is 0.500. The van der Waals surface area contributed by atoms with Crippen molar-refractivity contribution in [3.8, 4) is 0 Å². The third-order valence-corrected chi connectivity index (χ3v) is 4.00. The van der Waals surface area contributed by atoms with Gasteiger partial charge >= 0.3 is 5.97 Å². The maximum Gasteiger partial charge on any atom is 0.317 e. The normalized spacial score (nSPS) is 21.4. The monoisotopic (exact) mass is 306 g/mol. The van der Waals surface area contributed by atoms with E-state index in [0.717, 1.165) is 11.1 Å². The summed E-state index contributed by atoms with van der Waals surface area (Å²) in [5.74, 6) is -0.991. The highest BCUT2D eigenvalue weighted by Crippen LogP contribution is 2.17. The van der Waals surface area contributed by atoms with Crippen LogP contribution in [-0.4, -0.2) is 70.7 Å². The standard InChI is InChI=1S/C16H22N2O4/c1-11-4-3-5-12(6-11)7-15(20)18-8-13(14(19)9-18)17(2)10-16(21)22/h3-6,13-14,19H,7-10H2,1-2H3,(H,21,22)/t13-,14-/m1/s1. The average Bonchev–Trinajstić information content (AvgIpc) is 2.80. The van der Waals surface area contributed by atoms with Crippen LogP contribution in [0.2, 0.25) is 0 Å². The summed E-state index contributed by atoms with van der Waals surface area (Å²) in [6, 6.07) is 7.44. The molecule has 1 heterocycles. The molecule has 1 amide bonds. The molecule has 6 nitrogen and oxygen atoms in total. The first kappa shape index (κ1) is 16.5. The minimum Gasteiger partial charge on any atom is -0.480 e. The fourth-order valence-corrected chi connectivity index (χ4v) is 2.85. The highest BCUT2D eigenvalue weighted by Gasteiger charge is 2.36. The molecule has 1 fully saturated rings. The topological polar surface area (TPSA) is 81.1 Å². The van der Waals surface area contributed by atoms with E-state index in [1.54, 1.807) is 16.8 Å². The number of aliphatic carboxylic acids is 1. The highest BCUT2D eigenvalue weighted by molar-refractivity contribution is 5.79. The Morgan fingerprint density at radius 2 is 2.09 bits per heavy atom. The van der Waals surface area contributed by atoms with E-state index < -0.39 is 12.1 Å². The van der Waals surface area contributed by atoms with E-state index in [4.69, 9.17) is 5.11 Å². The van der Waals surface area contributed by atoms with Crippen molar-refractivity contribution in [1.29, 1.82) is 0 Å². The van der Waals surface area contributed by atoms with E-state index in [2.05, 4.69) is 0 Å². The zero-order valence-corrected chi connectivity index (χ0v) is 12.9. The molecule has 1 aliphatic heterocycles. The van der Waals surface area contributed by atoms with Gasteiger partial charge in [0, 0.05) is 13.1 Å². The third-order valence-electron chi connectivity index (χ3n) is 4.00. The first-order chi connectivity index (χ1) is 10.4. The zero-order chi connectivity index (χ0) is 16.3. The molecule has 0 unspecified atom stereocenters. The molecule has 1 aliphatic rings. The number of aliphatic hydroxyl groups excluding tert-OH is 1. The molecule has 1 aromatic carbocycles. The number of benzene rings is 1. The second-order valence-corrected chi connectivity index (χ2v) is 5.91. The minimum absolute atomic E-state index is 0.0455. The number of β-amino-alcohol motifs (C(OH)–C–C–N with tert-alkyl or cyclic N) is 1. The molecule has 0 aromatic heterocycles. The van der Waals surface area contributed by atoms with Gasteiger partial charge in [-0.2, -0.15) is 0 Å². The quantitative estimate of drug-likeness (QED) is 0.808. The van der Waals surface area contributed by atoms with Crippen LogP contribution in [0.1, 0.15) is 11.1 Å². The Morgan fingerprint density at radius 3 is 2.73 bits per heavy atom. The molecule has 0 saturated carbocycles. The van der Waals surface area contributed by atoms with Crippen molar-refractivity contribution in [1.82, 2.24) is 9.80 Å². The number of aliphatic hydroxyl groups is 1. The van der Waals surface area contributed by atoms with Gasteiger partial charge in [0.25, 0.3) is 0 Å². The van der Waals surface area contributed by atoms with E-state index in [1.165, 1.54) is 0 Å². The molecule has 1 aromatic rings. The van der Waals surface area contributed by atoms with Crippen LogP contribution in [0.4, 0.5) is 0 Å². The Balaban J connectivity index is 1.96. The number of carboxylic acid groups (broad SMARTS) is 1. The van der Waals surface area contributed by atoms with E-state index in [0.29, 0.717) is 13.0 Å². The molecule has 0 aliphatic carbocycles. The zero-order valence-electron chi connectivity index (χ0n) is 12.9. The summed E-state index contributed by atoms with van der Waals surface area (Å²) in [7, 11) is 1.65. The molecule has 2 N–H and O–H groups in total. The summed E-state index contributed by atoms with van der Waals surface area (Å²) in [5, 5.41) is 18.9. The number of nitrogens with zero attached hydrogens (tertiary/aromatic N) is 2. The summed E-state index contributed by atoms with van der Waals surface area (Å²) in [6.07, 6.45) is -0.421. The predicted molar refractivity (Wildman–Crippen MR) is 81.5 cm³/mol. The third kappa shape index (κ3) is 4.05. The van der Waals surface area contributed by atoms with Crippen molar-refractivity contribution in [3.05, 3.63) is 35.4 Å². The molecule has 0 spiro atoms. The van der Waals surface area contributed by atoms with Crippen molar-refractivity contribution in [3.63, 3.8) is 0 Å². The molecule has 6 heteroatoms. The first-order valence-electron chi connectivity index (χ1n) is 7.30. The average molecular weight is 306 g/mol. The van der Waals surface area contributed by atoms with Gasteiger partial charge in [-0.15, -0.1) is 0 Å². The molecular weight excluding hydrogens is 284 g/mol. The number of amides is 1. The molecular formula is C16H22N2O4. The van der Waals surface area contributed by atoms with Crippen molar-refractivity contribution >= 4 is 11.9 Å². The lowest BCUT2D eigenvalue weighted by molar-refractivity contribution is -0.138. The van der Waals surface area contributed by atoms with E-state index in [1.807, 2.05) is 31.2 Å². The maximum absolute atomic E-state index is 12.3. The van der Waals surface area contributed by atoms with Gasteiger partial charge in [0.1, 0.15) is 0 Å². The smallest absolute Gasteiger partial charge is 0.317 e. The summed E-state index contributed by atoms with van der Waals surface area (Å²) in [6.45, 7) is 2.43. The molecule has 2 rings (SSSR count). The van der Waals surface area contributed by atoms with Crippen LogP contribution in [0, 0.1) is 6.92 Å². The number of hydrogen-bond acceptors (Lipinski definition) is 4. The highest BCUT2D eigenvalue weighted by atomic mass is 16.4. The Morgan fingerprint density at radius 1 is 1.36 bits per heavy atom. The van der Waals surface area contributed by atoms with Crippen LogP contribution in [0.15, 0.2) is 24.3 Å². The Labute approximate surface area is 130 Å². The summed E-state index contributed by atoms with van der Waals surface area (Å²) in [4.78, 5) is 26.3. The van der Waals surface area contributed by atoms with Gasteiger partial charge in [0.05, 0.1) is 25.1 Å². The largest absolute Gasteiger partial charge is 0.480 e. The molecule has 1 saturated heterocycles. The number of rotatable bonds is 5. The second-order valence-electron chi connectivity index (χ2n) is 5.91. The number of aryl methyl sites for hydroxylation is 1. The lowest BCUT2D eigenvalue weighted by atomic mass is 10.1. The number of carbonyl (C=O) groups is 2. The number of likely N-dealkylation sites (N-methyl/N-ethyl adjacent to an activating group) is 1. The maximum atomic E-state index is 12.3. The van der Waals surface area contributed by atoms with Gasteiger partial charge < -0.3 is 15.1 Å². The number of carboxylic acids is 1. The number of hydrogen-bond donors (Lipinski definition) is 2. The fourth-order valence-electron chi connectivity index (χ4n) is 2.85. The van der Waals surface area contributed by atoms with E-state index >= 15 is 0 Å². The summed E-state index contributed by atoms with van der Waals surface area (Å²) >= 11 is 0. The first-order valence-corrected chi connectivity index (χ1v) is 7.30. The van der Waals surface area contributed by atoms with Crippen LogP contribution in [0.5, 0.6) is 0 Å². The molecule has 2 atom stereocenters. The lowest BCUT2D eigenvalue weighted by Gasteiger charge is -2.24. The SMILES string of the molecule is Cc1cccc(CC(=O)N2C[C@@H](O)[C@H](N(C)CC(=O)O)C2)c1. The Hall–Kier alpha value is -1.92. The van der Waals surface area contributed by atoms with Crippen molar-refractivity contribution in [2.75, 3.05) is 26.7 Å². The molecule has 0 bridgehead atoms. The van der Waals surface area contributed by atoms with Crippen LogP contribution in [0.3, 0.4) is 0 Å². The van der Waals surface area contributed by atoms with Gasteiger partial charge in [-0.05, 0) is 19.5 Å². The van der Waals surface area contributed by atoms with Crippen LogP contribution in [-0.2, 0) is 16.0 Å². The van der Waals surface area contributed by atoms with Gasteiger partial charge in [0.2, 0.25) is 5.91 Å². The lowest BCUT2D eigenvalue weighted by Crippen LogP contribution is -2.43. The van der Waals surface area contributed by atoms with Crippen LogP contribution < -0.4 is 0 Å². The predicted octanol–water partition coefficient (Wildman–Crippen LogP) is 0.126. The van der Waals surface area contributed by atoms with Gasteiger partial charge in [-0.3, -0.25) is 14.5 Å². The van der Waals surface area contributed by atoms with Crippen molar-refractivity contribution < 1.29 is 19.8 Å². The second kappa shape index (κ2) is 6.89. The molecule has 0 radical (unpaired) electrons. The molecule has 22 heavy (non-hydrogen) atoms. The van der Waals surface area contributed by atoms with Gasteiger partial charge in [0.15, 0.2) is 0 Å². The van der Waals surface area contributed by atoms with E-state index in [-0.39, 0.29) is 25.0 Å². The van der Waals surface area contributed by atoms with Crippen molar-refractivity contribution in [2.45, 2.75) is 25.5 Å².